The third-order valence-electron chi connectivity index (χ3n) is 3.89. The van der Waals surface area contributed by atoms with Crippen LogP contribution in [-0.2, 0) is 0 Å². The van der Waals surface area contributed by atoms with Crippen molar-refractivity contribution in [2.75, 3.05) is 26.2 Å². The summed E-state index contributed by atoms with van der Waals surface area (Å²) < 4.78 is 18.3. The first-order chi connectivity index (χ1) is 10.5. The van der Waals surface area contributed by atoms with Gasteiger partial charge in [-0.25, -0.2) is 4.39 Å². The first-order valence-corrected chi connectivity index (χ1v) is 7.43. The Morgan fingerprint density at radius 3 is 2.82 bits per heavy atom. The number of aliphatic hydroxyl groups excluding tert-OH is 1. The fourth-order valence-corrected chi connectivity index (χ4v) is 2.54. The second-order valence-electron chi connectivity index (χ2n) is 5.82. The van der Waals surface area contributed by atoms with Gasteiger partial charge in [0.05, 0.1) is 11.0 Å². The maximum absolute atomic E-state index is 13.0. The molecular formula is C15H21FN2O4. The Hall–Kier alpha value is -1.73. The monoisotopic (exact) mass is 312 g/mol. The highest BCUT2D eigenvalue weighted by atomic mass is 19.1. The van der Waals surface area contributed by atoms with Crippen LogP contribution in [0.15, 0.2) is 18.2 Å². The lowest BCUT2D eigenvalue weighted by Crippen LogP contribution is -2.40. The van der Waals surface area contributed by atoms with Crippen molar-refractivity contribution in [3.63, 3.8) is 0 Å². The minimum atomic E-state index is -0.738. The Bertz CT molecular complexity index is 518. The lowest BCUT2D eigenvalue weighted by atomic mass is 9.99. The molecule has 1 aromatic rings. The molecule has 1 aliphatic heterocycles. The second-order valence-corrected chi connectivity index (χ2v) is 5.82. The predicted octanol–water partition coefficient (Wildman–Crippen LogP) is 2.21. The molecule has 0 unspecified atom stereocenters. The molecule has 122 valence electrons. The number of aliphatic hydroxyl groups is 1. The summed E-state index contributed by atoms with van der Waals surface area (Å²) in [6.45, 7) is 4.51. The van der Waals surface area contributed by atoms with Gasteiger partial charge in [-0.2, -0.15) is 0 Å². The zero-order valence-electron chi connectivity index (χ0n) is 12.6. The molecule has 0 aliphatic carbocycles. The van der Waals surface area contributed by atoms with Gasteiger partial charge in [0.25, 0.3) is 0 Å². The molecule has 1 N–H and O–H groups in total. The van der Waals surface area contributed by atoms with E-state index in [0.29, 0.717) is 12.5 Å². The van der Waals surface area contributed by atoms with Gasteiger partial charge in [0.15, 0.2) is 5.75 Å². The molecule has 7 heteroatoms. The Kier molecular flexibility index (Phi) is 5.68. The van der Waals surface area contributed by atoms with Gasteiger partial charge in [0, 0.05) is 6.54 Å². The lowest BCUT2D eigenvalue weighted by Gasteiger charge is -2.31. The van der Waals surface area contributed by atoms with Gasteiger partial charge >= 0.3 is 5.69 Å². The quantitative estimate of drug-likeness (QED) is 0.644. The molecule has 0 radical (unpaired) electrons. The molecule has 1 fully saturated rings. The summed E-state index contributed by atoms with van der Waals surface area (Å²) in [6, 6.07) is 3.12. The molecule has 0 amide bonds. The van der Waals surface area contributed by atoms with Crippen molar-refractivity contribution < 1.29 is 19.2 Å². The highest BCUT2D eigenvalue weighted by Crippen LogP contribution is 2.27. The summed E-state index contributed by atoms with van der Waals surface area (Å²) in [7, 11) is 0. The Balaban J connectivity index is 1.86. The van der Waals surface area contributed by atoms with Gasteiger partial charge in [-0.1, -0.05) is 6.92 Å². The van der Waals surface area contributed by atoms with Crippen LogP contribution < -0.4 is 4.74 Å². The van der Waals surface area contributed by atoms with E-state index in [4.69, 9.17) is 4.74 Å². The van der Waals surface area contributed by atoms with E-state index in [2.05, 4.69) is 11.8 Å². The number of hydrogen-bond acceptors (Lipinski definition) is 5. The number of halogens is 1. The van der Waals surface area contributed by atoms with E-state index in [1.165, 1.54) is 6.07 Å². The van der Waals surface area contributed by atoms with E-state index in [-0.39, 0.29) is 12.4 Å². The number of nitrogens with zero attached hydrogens (tertiary/aromatic N) is 2. The van der Waals surface area contributed by atoms with Gasteiger partial charge in [0.1, 0.15) is 18.5 Å². The highest BCUT2D eigenvalue weighted by molar-refractivity contribution is 5.46. The molecule has 22 heavy (non-hydrogen) atoms. The van der Waals surface area contributed by atoms with Crippen molar-refractivity contribution >= 4 is 5.69 Å². The fourth-order valence-electron chi connectivity index (χ4n) is 2.54. The Morgan fingerprint density at radius 1 is 1.50 bits per heavy atom. The average Bonchev–Trinajstić information content (AvgIpc) is 2.48. The number of nitro groups is 1. The fraction of sp³-hybridized carbons (Fsp3) is 0.600. The van der Waals surface area contributed by atoms with Crippen molar-refractivity contribution in [2.24, 2.45) is 5.92 Å². The van der Waals surface area contributed by atoms with Crippen LogP contribution in [0, 0.1) is 21.8 Å². The molecule has 1 aliphatic rings. The minimum Gasteiger partial charge on any atom is -0.484 e. The third kappa shape index (κ3) is 4.64. The Morgan fingerprint density at radius 2 is 2.18 bits per heavy atom. The zero-order chi connectivity index (χ0) is 16.1. The van der Waals surface area contributed by atoms with Crippen molar-refractivity contribution in [1.29, 1.82) is 0 Å². The van der Waals surface area contributed by atoms with Crippen LogP contribution in [0.3, 0.4) is 0 Å². The zero-order valence-corrected chi connectivity index (χ0v) is 12.6. The number of hydrogen-bond donors (Lipinski definition) is 1. The summed E-state index contributed by atoms with van der Waals surface area (Å²) in [5.74, 6) is -0.00809. The van der Waals surface area contributed by atoms with E-state index in [1.54, 1.807) is 0 Å². The van der Waals surface area contributed by atoms with Crippen LogP contribution >= 0.6 is 0 Å². The van der Waals surface area contributed by atoms with E-state index in [1.807, 2.05) is 0 Å². The first-order valence-electron chi connectivity index (χ1n) is 7.43. The van der Waals surface area contributed by atoms with E-state index >= 15 is 0 Å². The van der Waals surface area contributed by atoms with Gasteiger partial charge in [0.2, 0.25) is 0 Å². The number of benzene rings is 1. The minimum absolute atomic E-state index is 0.0299. The van der Waals surface area contributed by atoms with Gasteiger partial charge in [-0.05, 0) is 44.0 Å². The molecule has 6 nitrogen and oxygen atoms in total. The topological polar surface area (TPSA) is 75.8 Å². The standard InChI is InChI=1S/C15H21FN2O4/c1-11-4-6-17(7-5-11)9-13(19)10-22-15-3-2-12(16)8-14(15)18(20)21/h2-3,8,11,13,19H,4-7,9-10H2,1H3/t13-/m1/s1. The number of piperidine rings is 1. The van der Waals surface area contributed by atoms with Gasteiger partial charge in [-0.15, -0.1) is 0 Å². The van der Waals surface area contributed by atoms with Crippen LogP contribution in [0.1, 0.15) is 19.8 Å². The van der Waals surface area contributed by atoms with Crippen molar-refractivity contribution in [2.45, 2.75) is 25.9 Å². The SMILES string of the molecule is CC1CCN(C[C@@H](O)COc2ccc(F)cc2[N+](=O)[O-])CC1. The van der Waals surface area contributed by atoms with Crippen molar-refractivity contribution in [3.05, 3.63) is 34.1 Å². The van der Waals surface area contributed by atoms with Crippen LogP contribution in [0.25, 0.3) is 0 Å². The Labute approximate surface area is 128 Å². The molecule has 1 saturated heterocycles. The summed E-state index contributed by atoms with van der Waals surface area (Å²) >= 11 is 0. The molecule has 0 spiro atoms. The maximum atomic E-state index is 13.0. The molecule has 1 atom stereocenters. The summed E-state index contributed by atoms with van der Waals surface area (Å²) in [4.78, 5) is 12.3. The van der Waals surface area contributed by atoms with E-state index < -0.39 is 22.5 Å². The van der Waals surface area contributed by atoms with E-state index in [0.717, 1.165) is 38.1 Å². The van der Waals surface area contributed by atoms with Crippen LogP contribution in [0.2, 0.25) is 0 Å². The van der Waals surface area contributed by atoms with Crippen LogP contribution in [0.4, 0.5) is 10.1 Å². The molecule has 0 saturated carbocycles. The largest absolute Gasteiger partial charge is 0.484 e. The molecular weight excluding hydrogens is 291 g/mol. The van der Waals surface area contributed by atoms with E-state index in [9.17, 15) is 19.6 Å². The lowest BCUT2D eigenvalue weighted by molar-refractivity contribution is -0.386. The van der Waals surface area contributed by atoms with Gasteiger partial charge in [-0.3, -0.25) is 10.1 Å². The molecule has 1 aromatic carbocycles. The van der Waals surface area contributed by atoms with Crippen LogP contribution in [0.5, 0.6) is 5.75 Å². The van der Waals surface area contributed by atoms with Crippen LogP contribution in [-0.4, -0.2) is 47.3 Å². The predicted molar refractivity (Wildman–Crippen MR) is 79.4 cm³/mol. The van der Waals surface area contributed by atoms with Gasteiger partial charge < -0.3 is 14.7 Å². The number of ether oxygens (including phenoxy) is 1. The first kappa shape index (κ1) is 16.6. The average molecular weight is 312 g/mol. The third-order valence-corrected chi connectivity index (χ3v) is 3.89. The molecule has 0 bridgehead atoms. The van der Waals surface area contributed by atoms with Crippen molar-refractivity contribution in [3.8, 4) is 5.75 Å². The number of β-amino-alcohol motifs (C(OH)–C–C–N with tert-alkyl or cyclic N) is 1. The summed E-state index contributed by atoms with van der Waals surface area (Å²) in [6.07, 6.45) is 1.48. The normalized spacial score (nSPS) is 18.1. The van der Waals surface area contributed by atoms with Crippen molar-refractivity contribution in [1.82, 2.24) is 4.90 Å². The molecule has 1 heterocycles. The molecule has 0 aromatic heterocycles. The highest BCUT2D eigenvalue weighted by Gasteiger charge is 2.20. The summed E-state index contributed by atoms with van der Waals surface area (Å²) in [5, 5.41) is 20.9. The summed E-state index contributed by atoms with van der Waals surface area (Å²) in [5.41, 5.74) is -0.431. The number of likely N-dealkylation sites (tertiary alicyclic amines) is 1. The number of rotatable bonds is 6. The maximum Gasteiger partial charge on any atom is 0.313 e. The second kappa shape index (κ2) is 7.51. The smallest absolute Gasteiger partial charge is 0.313 e. The molecule has 2 rings (SSSR count). The number of nitro benzene ring substituents is 1.